The van der Waals surface area contributed by atoms with Crippen LogP contribution >= 0.6 is 0 Å². The molecule has 0 radical (unpaired) electrons. The molecule has 1 aromatic heterocycles. The molecule has 7 nitrogen and oxygen atoms in total. The molecule has 24 heavy (non-hydrogen) atoms. The highest BCUT2D eigenvalue weighted by Crippen LogP contribution is 2.16. The molecule has 0 atom stereocenters. The smallest absolute Gasteiger partial charge is 0.232 e. The molecule has 0 aliphatic heterocycles. The zero-order chi connectivity index (χ0) is 16.8. The Morgan fingerprint density at radius 1 is 0.667 bits per heavy atom. The van der Waals surface area contributed by atoms with Crippen LogP contribution in [0.2, 0.25) is 0 Å². The van der Waals surface area contributed by atoms with Crippen LogP contribution < -0.4 is 10.6 Å². The maximum Gasteiger partial charge on any atom is 0.232 e. The SMILES string of the molecule is N#Cc1ccc(Nc2ncnc(Nc3ccc(C#N)cc3)n2)cc1. The maximum atomic E-state index is 8.80. The van der Waals surface area contributed by atoms with Gasteiger partial charge in [0.15, 0.2) is 0 Å². The van der Waals surface area contributed by atoms with E-state index in [4.69, 9.17) is 10.5 Å². The Bertz CT molecular complexity index is 844. The second-order valence-electron chi connectivity index (χ2n) is 4.76. The van der Waals surface area contributed by atoms with Gasteiger partial charge in [0.2, 0.25) is 11.9 Å². The first kappa shape index (κ1) is 14.9. The zero-order valence-electron chi connectivity index (χ0n) is 12.4. The molecule has 114 valence electrons. The van der Waals surface area contributed by atoms with Crippen molar-refractivity contribution >= 4 is 23.3 Å². The first-order valence-corrected chi connectivity index (χ1v) is 7.00. The van der Waals surface area contributed by atoms with Gasteiger partial charge in [0.1, 0.15) is 6.33 Å². The highest BCUT2D eigenvalue weighted by atomic mass is 15.2. The van der Waals surface area contributed by atoms with Crippen LogP contribution in [0.5, 0.6) is 0 Å². The number of benzene rings is 2. The standard InChI is InChI=1S/C17H11N7/c18-9-12-1-5-14(6-2-12)22-16-20-11-21-17(24-16)23-15-7-3-13(10-19)4-8-15/h1-8,11H,(H2,20,21,22,23,24). The predicted molar refractivity (Wildman–Crippen MR) is 88.7 cm³/mol. The minimum atomic E-state index is 0.380. The predicted octanol–water partition coefficient (Wildman–Crippen LogP) is 3.10. The Morgan fingerprint density at radius 2 is 1.08 bits per heavy atom. The first-order chi connectivity index (χ1) is 11.8. The number of nitriles is 2. The van der Waals surface area contributed by atoms with Gasteiger partial charge >= 0.3 is 0 Å². The molecule has 0 unspecified atom stereocenters. The van der Waals surface area contributed by atoms with E-state index in [1.807, 2.05) is 0 Å². The van der Waals surface area contributed by atoms with Crippen molar-refractivity contribution in [1.29, 1.82) is 10.5 Å². The van der Waals surface area contributed by atoms with Gasteiger partial charge in [-0.3, -0.25) is 0 Å². The second kappa shape index (κ2) is 6.86. The molecule has 0 aliphatic carbocycles. The van der Waals surface area contributed by atoms with E-state index >= 15 is 0 Å². The third kappa shape index (κ3) is 3.62. The summed E-state index contributed by atoms with van der Waals surface area (Å²) in [6.45, 7) is 0. The summed E-state index contributed by atoms with van der Waals surface area (Å²) < 4.78 is 0. The molecule has 7 heteroatoms. The third-order valence-corrected chi connectivity index (χ3v) is 3.11. The van der Waals surface area contributed by atoms with Gasteiger partial charge in [-0.25, -0.2) is 9.97 Å². The van der Waals surface area contributed by atoms with Crippen molar-refractivity contribution < 1.29 is 0 Å². The summed E-state index contributed by atoms with van der Waals surface area (Å²) in [6, 6.07) is 18.1. The highest BCUT2D eigenvalue weighted by Gasteiger charge is 2.03. The van der Waals surface area contributed by atoms with Gasteiger partial charge in [-0.2, -0.15) is 15.5 Å². The van der Waals surface area contributed by atoms with Gasteiger partial charge in [0, 0.05) is 11.4 Å². The number of aromatic nitrogens is 3. The monoisotopic (exact) mass is 313 g/mol. The fourth-order valence-electron chi connectivity index (χ4n) is 1.93. The molecule has 0 fully saturated rings. The van der Waals surface area contributed by atoms with Crippen molar-refractivity contribution in [2.75, 3.05) is 10.6 Å². The average Bonchev–Trinajstić information content (AvgIpc) is 2.63. The van der Waals surface area contributed by atoms with Crippen molar-refractivity contribution in [1.82, 2.24) is 15.0 Å². The molecule has 3 aromatic rings. The number of nitrogens with one attached hydrogen (secondary N) is 2. The van der Waals surface area contributed by atoms with Gasteiger partial charge in [-0.05, 0) is 48.5 Å². The van der Waals surface area contributed by atoms with Crippen LogP contribution in [0.3, 0.4) is 0 Å². The van der Waals surface area contributed by atoms with E-state index in [1.54, 1.807) is 48.5 Å². The van der Waals surface area contributed by atoms with Crippen LogP contribution in [-0.2, 0) is 0 Å². The van der Waals surface area contributed by atoms with Crippen LogP contribution in [0.25, 0.3) is 0 Å². The third-order valence-electron chi connectivity index (χ3n) is 3.11. The van der Waals surface area contributed by atoms with Crippen LogP contribution in [0, 0.1) is 22.7 Å². The summed E-state index contributed by atoms with van der Waals surface area (Å²) in [5, 5.41) is 23.7. The van der Waals surface area contributed by atoms with Crippen molar-refractivity contribution in [3.8, 4) is 12.1 Å². The molecule has 2 N–H and O–H groups in total. The Kier molecular flexibility index (Phi) is 4.27. The lowest BCUT2D eigenvalue weighted by Gasteiger charge is -2.07. The Morgan fingerprint density at radius 3 is 1.46 bits per heavy atom. The Balaban J connectivity index is 1.73. The van der Waals surface area contributed by atoms with Crippen LogP contribution in [-0.4, -0.2) is 15.0 Å². The summed E-state index contributed by atoms with van der Waals surface area (Å²) in [4.78, 5) is 12.4. The summed E-state index contributed by atoms with van der Waals surface area (Å²) in [7, 11) is 0. The van der Waals surface area contributed by atoms with Crippen molar-refractivity contribution in [2.24, 2.45) is 0 Å². The molecular formula is C17H11N7. The van der Waals surface area contributed by atoms with Crippen molar-refractivity contribution in [3.05, 3.63) is 66.0 Å². The van der Waals surface area contributed by atoms with E-state index in [9.17, 15) is 0 Å². The number of anilines is 4. The number of nitrogens with zero attached hydrogens (tertiary/aromatic N) is 5. The van der Waals surface area contributed by atoms with Crippen LogP contribution in [0.1, 0.15) is 11.1 Å². The maximum absolute atomic E-state index is 8.80. The van der Waals surface area contributed by atoms with E-state index in [1.165, 1.54) is 6.33 Å². The fraction of sp³-hybridized carbons (Fsp3) is 0. The molecule has 0 aliphatic rings. The summed E-state index contributed by atoms with van der Waals surface area (Å²) >= 11 is 0. The van der Waals surface area contributed by atoms with Crippen molar-refractivity contribution in [3.63, 3.8) is 0 Å². The normalized spacial score (nSPS) is 9.58. The lowest BCUT2D eigenvalue weighted by atomic mass is 10.2. The summed E-state index contributed by atoms with van der Waals surface area (Å²) in [6.07, 6.45) is 1.39. The molecule has 2 aromatic carbocycles. The van der Waals surface area contributed by atoms with Gasteiger partial charge in [0.05, 0.1) is 23.3 Å². The lowest BCUT2D eigenvalue weighted by Crippen LogP contribution is -2.02. The molecule has 0 amide bonds. The summed E-state index contributed by atoms with van der Waals surface area (Å²) in [5.41, 5.74) is 2.70. The van der Waals surface area contributed by atoms with Crippen LogP contribution in [0.15, 0.2) is 54.9 Å². The number of hydrogen-bond donors (Lipinski definition) is 2. The summed E-state index contributed by atoms with van der Waals surface area (Å²) in [5.74, 6) is 0.761. The minimum Gasteiger partial charge on any atom is -0.324 e. The molecule has 1 heterocycles. The molecular weight excluding hydrogens is 302 g/mol. The second-order valence-corrected chi connectivity index (χ2v) is 4.76. The van der Waals surface area contributed by atoms with Gasteiger partial charge in [-0.15, -0.1) is 0 Å². The van der Waals surface area contributed by atoms with E-state index in [2.05, 4.69) is 37.7 Å². The van der Waals surface area contributed by atoms with Gasteiger partial charge < -0.3 is 10.6 Å². The van der Waals surface area contributed by atoms with E-state index in [0.717, 1.165) is 11.4 Å². The average molecular weight is 313 g/mol. The quantitative estimate of drug-likeness (QED) is 0.761. The number of hydrogen-bond acceptors (Lipinski definition) is 7. The van der Waals surface area contributed by atoms with E-state index in [-0.39, 0.29) is 0 Å². The van der Waals surface area contributed by atoms with Crippen LogP contribution in [0.4, 0.5) is 23.3 Å². The molecule has 0 saturated heterocycles. The molecule has 3 rings (SSSR count). The Labute approximate surface area is 138 Å². The van der Waals surface area contributed by atoms with E-state index in [0.29, 0.717) is 23.0 Å². The zero-order valence-corrected chi connectivity index (χ0v) is 12.4. The topological polar surface area (TPSA) is 110 Å². The van der Waals surface area contributed by atoms with Gasteiger partial charge in [-0.1, -0.05) is 0 Å². The number of rotatable bonds is 4. The Hall–Kier alpha value is -3.97. The largest absolute Gasteiger partial charge is 0.324 e. The van der Waals surface area contributed by atoms with E-state index < -0.39 is 0 Å². The lowest BCUT2D eigenvalue weighted by molar-refractivity contribution is 1.06. The fourth-order valence-corrected chi connectivity index (χ4v) is 1.93. The molecule has 0 bridgehead atoms. The molecule has 0 saturated carbocycles. The minimum absolute atomic E-state index is 0.380. The van der Waals surface area contributed by atoms with Crippen molar-refractivity contribution in [2.45, 2.75) is 0 Å². The van der Waals surface area contributed by atoms with Gasteiger partial charge in [0.25, 0.3) is 0 Å². The first-order valence-electron chi connectivity index (χ1n) is 7.00. The highest BCUT2D eigenvalue weighted by molar-refractivity contribution is 5.58. The molecule has 0 spiro atoms.